The molecule has 102 valence electrons. The average Bonchev–Trinajstić information content (AvgIpc) is 2.36. The number of rotatable bonds is 4. The molecule has 0 radical (unpaired) electrons. The van der Waals surface area contributed by atoms with Gasteiger partial charge in [-0.3, -0.25) is 0 Å². The van der Waals surface area contributed by atoms with Gasteiger partial charge in [-0.2, -0.15) is 0 Å². The van der Waals surface area contributed by atoms with Crippen LogP contribution in [-0.4, -0.2) is 15.8 Å². The predicted octanol–water partition coefficient (Wildman–Crippen LogP) is 3.57. The second kappa shape index (κ2) is 5.41. The first-order valence-electron chi connectivity index (χ1n) is 6.75. The standard InChI is InChI=1S/C16H26O2/c1-6-16(18,7-2)14(17)12-8-10-13(11-9-12)15(3,4)5/h8-11,14,17-18H,6-7H2,1-5H3. The van der Waals surface area contributed by atoms with E-state index in [9.17, 15) is 10.2 Å². The van der Waals surface area contributed by atoms with E-state index in [0.717, 1.165) is 5.56 Å². The molecular weight excluding hydrogens is 224 g/mol. The van der Waals surface area contributed by atoms with Crippen LogP contribution in [0.3, 0.4) is 0 Å². The van der Waals surface area contributed by atoms with Gasteiger partial charge in [0.25, 0.3) is 0 Å². The first kappa shape index (κ1) is 15.2. The van der Waals surface area contributed by atoms with Crippen LogP contribution in [0, 0.1) is 0 Å². The number of aliphatic hydroxyl groups is 2. The van der Waals surface area contributed by atoms with E-state index >= 15 is 0 Å². The van der Waals surface area contributed by atoms with Crippen LogP contribution in [0.25, 0.3) is 0 Å². The maximum atomic E-state index is 10.3. The van der Waals surface area contributed by atoms with E-state index in [2.05, 4.69) is 20.8 Å². The van der Waals surface area contributed by atoms with Crippen molar-refractivity contribution in [3.63, 3.8) is 0 Å². The molecule has 0 aliphatic heterocycles. The maximum absolute atomic E-state index is 10.3. The van der Waals surface area contributed by atoms with E-state index in [1.165, 1.54) is 5.56 Å². The molecule has 0 saturated heterocycles. The fourth-order valence-electron chi connectivity index (χ4n) is 2.11. The molecule has 0 aliphatic carbocycles. The second-order valence-electron chi connectivity index (χ2n) is 6.09. The summed E-state index contributed by atoms with van der Waals surface area (Å²) in [4.78, 5) is 0. The summed E-state index contributed by atoms with van der Waals surface area (Å²) in [6.07, 6.45) is 0.277. The van der Waals surface area contributed by atoms with Crippen molar-refractivity contribution in [2.75, 3.05) is 0 Å². The molecular formula is C16H26O2. The quantitative estimate of drug-likeness (QED) is 0.857. The Kier molecular flexibility index (Phi) is 4.57. The number of benzene rings is 1. The van der Waals surface area contributed by atoms with Gasteiger partial charge in [0.1, 0.15) is 6.10 Å². The highest BCUT2D eigenvalue weighted by Gasteiger charge is 2.33. The molecule has 2 N–H and O–H groups in total. The topological polar surface area (TPSA) is 40.5 Å². The average molecular weight is 250 g/mol. The summed E-state index contributed by atoms with van der Waals surface area (Å²) in [5.74, 6) is 0. The molecule has 18 heavy (non-hydrogen) atoms. The van der Waals surface area contributed by atoms with Gasteiger partial charge in [-0.1, -0.05) is 58.9 Å². The van der Waals surface area contributed by atoms with Crippen LogP contribution in [0.2, 0.25) is 0 Å². The summed E-state index contributed by atoms with van der Waals surface area (Å²) in [5, 5.41) is 20.6. The van der Waals surface area contributed by atoms with Gasteiger partial charge in [0.15, 0.2) is 0 Å². The highest BCUT2D eigenvalue weighted by Crippen LogP contribution is 2.32. The van der Waals surface area contributed by atoms with Crippen LogP contribution >= 0.6 is 0 Å². The van der Waals surface area contributed by atoms with Gasteiger partial charge in [-0.05, 0) is 29.4 Å². The second-order valence-corrected chi connectivity index (χ2v) is 6.09. The summed E-state index contributed by atoms with van der Waals surface area (Å²) in [6.45, 7) is 10.3. The number of aliphatic hydroxyl groups excluding tert-OH is 1. The lowest BCUT2D eigenvalue weighted by atomic mass is 9.83. The molecule has 1 aromatic carbocycles. The van der Waals surface area contributed by atoms with Crippen molar-refractivity contribution in [2.24, 2.45) is 0 Å². The third kappa shape index (κ3) is 3.12. The summed E-state index contributed by atoms with van der Waals surface area (Å²) < 4.78 is 0. The van der Waals surface area contributed by atoms with Crippen LogP contribution in [0.1, 0.15) is 64.7 Å². The molecule has 0 bridgehead atoms. The third-order valence-corrected chi connectivity index (χ3v) is 3.83. The molecule has 1 rings (SSSR count). The Morgan fingerprint density at radius 2 is 1.44 bits per heavy atom. The SMILES string of the molecule is CCC(O)(CC)C(O)c1ccc(C(C)(C)C)cc1. The molecule has 0 fully saturated rings. The largest absolute Gasteiger partial charge is 0.387 e. The van der Waals surface area contributed by atoms with Gasteiger partial charge < -0.3 is 10.2 Å². The highest BCUT2D eigenvalue weighted by atomic mass is 16.3. The molecule has 0 aliphatic rings. The van der Waals surface area contributed by atoms with Crippen molar-refractivity contribution in [1.29, 1.82) is 0 Å². The van der Waals surface area contributed by atoms with Crippen LogP contribution in [0.5, 0.6) is 0 Å². The molecule has 0 saturated carbocycles. The molecule has 0 aromatic heterocycles. The minimum atomic E-state index is -1.02. The minimum absolute atomic E-state index is 0.106. The zero-order chi connectivity index (χ0) is 14.0. The van der Waals surface area contributed by atoms with Crippen molar-refractivity contribution in [3.8, 4) is 0 Å². The first-order chi connectivity index (χ1) is 8.24. The number of hydrogen-bond donors (Lipinski definition) is 2. The van der Waals surface area contributed by atoms with Crippen molar-refractivity contribution in [2.45, 2.75) is 64.6 Å². The monoisotopic (exact) mass is 250 g/mol. The fraction of sp³-hybridized carbons (Fsp3) is 0.625. The first-order valence-corrected chi connectivity index (χ1v) is 6.75. The maximum Gasteiger partial charge on any atom is 0.108 e. The lowest BCUT2D eigenvalue weighted by Crippen LogP contribution is -2.34. The van der Waals surface area contributed by atoms with Gasteiger partial charge in [-0.15, -0.1) is 0 Å². The number of hydrogen-bond acceptors (Lipinski definition) is 2. The molecule has 0 heterocycles. The van der Waals surface area contributed by atoms with Gasteiger partial charge in [0.2, 0.25) is 0 Å². The highest BCUT2D eigenvalue weighted by molar-refractivity contribution is 5.29. The molecule has 2 nitrogen and oxygen atoms in total. The van der Waals surface area contributed by atoms with Crippen molar-refractivity contribution in [3.05, 3.63) is 35.4 Å². The van der Waals surface area contributed by atoms with E-state index in [-0.39, 0.29) is 5.41 Å². The predicted molar refractivity (Wildman–Crippen MR) is 75.6 cm³/mol. The minimum Gasteiger partial charge on any atom is -0.387 e. The Labute approximate surface area is 111 Å². The third-order valence-electron chi connectivity index (χ3n) is 3.83. The van der Waals surface area contributed by atoms with Crippen LogP contribution in [-0.2, 0) is 5.41 Å². The summed E-state index contributed by atoms with van der Waals surface area (Å²) >= 11 is 0. The molecule has 0 amide bonds. The van der Waals surface area contributed by atoms with E-state index in [4.69, 9.17) is 0 Å². The molecule has 1 unspecified atom stereocenters. The van der Waals surface area contributed by atoms with Crippen molar-refractivity contribution >= 4 is 0 Å². The summed E-state index contributed by atoms with van der Waals surface area (Å²) in [5.41, 5.74) is 1.10. The van der Waals surface area contributed by atoms with E-state index in [1.54, 1.807) is 0 Å². The zero-order valence-corrected chi connectivity index (χ0v) is 12.2. The van der Waals surface area contributed by atoms with Gasteiger partial charge in [0, 0.05) is 0 Å². The van der Waals surface area contributed by atoms with Crippen LogP contribution < -0.4 is 0 Å². The Morgan fingerprint density at radius 3 is 1.78 bits per heavy atom. The van der Waals surface area contributed by atoms with Gasteiger partial charge >= 0.3 is 0 Å². The molecule has 1 aromatic rings. The Morgan fingerprint density at radius 1 is 1.00 bits per heavy atom. The van der Waals surface area contributed by atoms with Crippen molar-refractivity contribution in [1.82, 2.24) is 0 Å². The van der Waals surface area contributed by atoms with Crippen LogP contribution in [0.4, 0.5) is 0 Å². The van der Waals surface area contributed by atoms with E-state index < -0.39 is 11.7 Å². The van der Waals surface area contributed by atoms with E-state index in [1.807, 2.05) is 38.1 Å². The van der Waals surface area contributed by atoms with Crippen molar-refractivity contribution < 1.29 is 10.2 Å². The molecule has 1 atom stereocenters. The van der Waals surface area contributed by atoms with Crippen LogP contribution in [0.15, 0.2) is 24.3 Å². The summed E-state index contributed by atoms with van der Waals surface area (Å²) in [6, 6.07) is 7.90. The lowest BCUT2D eigenvalue weighted by molar-refractivity contribution is -0.0820. The Balaban J connectivity index is 2.99. The smallest absolute Gasteiger partial charge is 0.108 e. The molecule has 0 spiro atoms. The summed E-state index contributed by atoms with van der Waals surface area (Å²) in [7, 11) is 0. The normalized spacial score (nSPS) is 14.6. The molecule has 2 heteroatoms. The van der Waals surface area contributed by atoms with E-state index in [0.29, 0.717) is 12.8 Å². The Hall–Kier alpha value is -0.860. The zero-order valence-electron chi connectivity index (χ0n) is 12.2. The lowest BCUT2D eigenvalue weighted by Gasteiger charge is -2.31. The Bertz CT molecular complexity index is 369. The fourth-order valence-corrected chi connectivity index (χ4v) is 2.11. The van der Waals surface area contributed by atoms with Gasteiger partial charge in [0.05, 0.1) is 5.60 Å². The van der Waals surface area contributed by atoms with Gasteiger partial charge in [-0.25, -0.2) is 0 Å².